The van der Waals surface area contributed by atoms with Gasteiger partial charge in [0.2, 0.25) is 5.91 Å². The molecule has 35 heavy (non-hydrogen) atoms. The van der Waals surface area contributed by atoms with Crippen LogP contribution in [-0.4, -0.2) is 47.1 Å². The van der Waals surface area contributed by atoms with Crippen molar-refractivity contribution >= 4 is 5.91 Å². The molecule has 3 N–H and O–H groups in total. The molecule has 0 aromatic heterocycles. The van der Waals surface area contributed by atoms with E-state index in [2.05, 4.69) is 39.9 Å². The predicted octanol–water partition coefficient (Wildman–Crippen LogP) is 5.08. The standard InChI is InChI=1S/C30H51NO4/c1-18-16-21(10-15-31-20(3)32)35-26-24(18)28(6,19(2)25(26)34)13-14-29-11-7-8-22-27(4,5)23(33)9-12-30(22,29)17-29/h18-19,21-26,33-34H,7-17H2,1-6H3,(H,31,32)/t18-,19?,21?,22+,23?,24?,25-,26?,28?,29?,30?/m1/s1. The van der Waals surface area contributed by atoms with Crippen LogP contribution in [0.1, 0.15) is 106 Å². The highest BCUT2D eigenvalue weighted by Crippen LogP contribution is 2.82. The van der Waals surface area contributed by atoms with E-state index in [4.69, 9.17) is 4.74 Å². The Morgan fingerprint density at radius 2 is 1.83 bits per heavy atom. The van der Waals surface area contributed by atoms with E-state index < -0.39 is 6.10 Å². The van der Waals surface area contributed by atoms with E-state index in [-0.39, 0.29) is 41.0 Å². The van der Waals surface area contributed by atoms with Crippen LogP contribution in [0.25, 0.3) is 0 Å². The molecule has 0 aromatic rings. The number of aliphatic hydroxyl groups excluding tert-OH is 2. The maximum absolute atomic E-state index is 11.4. The number of amides is 1. The van der Waals surface area contributed by atoms with Gasteiger partial charge in [-0.1, -0.05) is 41.0 Å². The molecule has 0 aromatic carbocycles. The van der Waals surface area contributed by atoms with Gasteiger partial charge in [-0.3, -0.25) is 4.79 Å². The van der Waals surface area contributed by atoms with Gasteiger partial charge in [-0.2, -0.15) is 0 Å². The lowest BCUT2D eigenvalue weighted by Crippen LogP contribution is -2.49. The second-order valence-corrected chi connectivity index (χ2v) is 14.5. The average molecular weight is 490 g/mol. The molecule has 0 radical (unpaired) electrons. The highest BCUT2D eigenvalue weighted by Gasteiger charge is 2.74. The number of nitrogens with one attached hydrogen (secondary N) is 1. The van der Waals surface area contributed by atoms with Crippen molar-refractivity contribution in [2.24, 2.45) is 45.3 Å². The summed E-state index contributed by atoms with van der Waals surface area (Å²) >= 11 is 0. The Morgan fingerprint density at radius 1 is 1.09 bits per heavy atom. The van der Waals surface area contributed by atoms with Crippen LogP contribution in [0.2, 0.25) is 0 Å². The van der Waals surface area contributed by atoms with Crippen LogP contribution < -0.4 is 5.32 Å². The van der Waals surface area contributed by atoms with Gasteiger partial charge in [0.25, 0.3) is 0 Å². The molecule has 5 aliphatic rings. The minimum Gasteiger partial charge on any atom is -0.393 e. The number of aliphatic hydroxyl groups is 2. The van der Waals surface area contributed by atoms with Gasteiger partial charge >= 0.3 is 0 Å². The van der Waals surface area contributed by atoms with Crippen molar-refractivity contribution in [3.05, 3.63) is 0 Å². The van der Waals surface area contributed by atoms with Gasteiger partial charge in [0.05, 0.1) is 24.4 Å². The Hall–Kier alpha value is -0.650. The number of carbonyl (C=O) groups is 1. The van der Waals surface area contributed by atoms with Crippen molar-refractivity contribution < 1.29 is 19.7 Å². The molecule has 200 valence electrons. The van der Waals surface area contributed by atoms with E-state index >= 15 is 0 Å². The van der Waals surface area contributed by atoms with Crippen LogP contribution in [0.5, 0.6) is 0 Å². The third-order valence-corrected chi connectivity index (χ3v) is 12.6. The van der Waals surface area contributed by atoms with E-state index in [1.165, 1.54) is 44.9 Å². The molecule has 5 nitrogen and oxygen atoms in total. The first-order valence-electron chi connectivity index (χ1n) is 14.6. The number of hydrogen-bond donors (Lipinski definition) is 3. The summed E-state index contributed by atoms with van der Waals surface area (Å²) in [6.07, 6.45) is 11.2. The van der Waals surface area contributed by atoms with Gasteiger partial charge in [-0.25, -0.2) is 0 Å². The molecular weight excluding hydrogens is 438 g/mol. The van der Waals surface area contributed by atoms with Crippen LogP contribution in [0, 0.1) is 45.3 Å². The Bertz CT molecular complexity index is 829. The Labute approximate surface area is 213 Å². The summed E-state index contributed by atoms with van der Waals surface area (Å²) in [5.74, 6) is 1.78. The first-order valence-corrected chi connectivity index (χ1v) is 14.6. The SMILES string of the molecule is CC(=O)NCCC1C[C@@H](C)C2C(O1)[C@H](O)C(C)C2(C)CCC12CCC[C@H]3C(C)(C)C(O)CCC31C2. The van der Waals surface area contributed by atoms with E-state index in [0.29, 0.717) is 35.1 Å². The maximum atomic E-state index is 11.4. The van der Waals surface area contributed by atoms with Crippen molar-refractivity contribution in [1.29, 1.82) is 0 Å². The Kier molecular flexibility index (Phi) is 6.45. The van der Waals surface area contributed by atoms with E-state index in [9.17, 15) is 15.0 Å². The topological polar surface area (TPSA) is 78.8 Å². The van der Waals surface area contributed by atoms with Gasteiger partial charge in [0, 0.05) is 13.5 Å². The lowest BCUT2D eigenvalue weighted by atomic mass is 9.53. The number of fused-ring (bicyclic) bond motifs is 1. The molecule has 8 unspecified atom stereocenters. The summed E-state index contributed by atoms with van der Waals surface area (Å²) in [5.41, 5.74) is 1.03. The molecule has 1 heterocycles. The molecular formula is C30H51NO4. The van der Waals surface area contributed by atoms with Crippen molar-refractivity contribution in [3.63, 3.8) is 0 Å². The van der Waals surface area contributed by atoms with Crippen molar-refractivity contribution in [3.8, 4) is 0 Å². The molecule has 1 amide bonds. The first kappa shape index (κ1) is 26.0. The fraction of sp³-hybridized carbons (Fsp3) is 0.967. The summed E-state index contributed by atoms with van der Waals surface area (Å²) in [7, 11) is 0. The summed E-state index contributed by atoms with van der Waals surface area (Å²) in [6.45, 7) is 13.9. The number of hydrogen-bond acceptors (Lipinski definition) is 4. The van der Waals surface area contributed by atoms with Gasteiger partial charge in [0.15, 0.2) is 0 Å². The molecule has 5 rings (SSSR count). The molecule has 4 aliphatic carbocycles. The van der Waals surface area contributed by atoms with Crippen LogP contribution in [0.15, 0.2) is 0 Å². The van der Waals surface area contributed by atoms with Gasteiger partial charge < -0.3 is 20.3 Å². The minimum absolute atomic E-state index is 0.00636. The van der Waals surface area contributed by atoms with Crippen LogP contribution >= 0.6 is 0 Å². The zero-order valence-corrected chi connectivity index (χ0v) is 23.1. The second-order valence-electron chi connectivity index (χ2n) is 14.5. The van der Waals surface area contributed by atoms with Crippen LogP contribution in [0.3, 0.4) is 0 Å². The smallest absolute Gasteiger partial charge is 0.216 e. The molecule has 1 saturated heterocycles. The largest absolute Gasteiger partial charge is 0.393 e. The monoisotopic (exact) mass is 489 g/mol. The molecule has 1 aliphatic heterocycles. The van der Waals surface area contributed by atoms with Crippen molar-refractivity contribution in [2.45, 2.75) is 130 Å². The van der Waals surface area contributed by atoms with Crippen molar-refractivity contribution in [1.82, 2.24) is 5.32 Å². The van der Waals surface area contributed by atoms with Gasteiger partial charge in [-0.15, -0.1) is 0 Å². The quantitative estimate of drug-likeness (QED) is 0.486. The van der Waals surface area contributed by atoms with E-state index in [1.54, 1.807) is 6.92 Å². The summed E-state index contributed by atoms with van der Waals surface area (Å²) in [6, 6.07) is 0. The Morgan fingerprint density at radius 3 is 2.54 bits per heavy atom. The number of ether oxygens (including phenoxy) is 1. The molecule has 11 atom stereocenters. The molecule has 0 bridgehead atoms. The zero-order valence-electron chi connectivity index (χ0n) is 23.1. The highest BCUT2D eigenvalue weighted by molar-refractivity contribution is 5.72. The van der Waals surface area contributed by atoms with Crippen LogP contribution in [0.4, 0.5) is 0 Å². The van der Waals surface area contributed by atoms with Crippen molar-refractivity contribution in [2.75, 3.05) is 6.54 Å². The minimum atomic E-state index is -0.412. The predicted molar refractivity (Wildman–Crippen MR) is 138 cm³/mol. The zero-order chi connectivity index (χ0) is 25.4. The first-order chi connectivity index (χ1) is 16.4. The highest BCUT2D eigenvalue weighted by atomic mass is 16.5. The summed E-state index contributed by atoms with van der Waals surface area (Å²) < 4.78 is 6.56. The third kappa shape index (κ3) is 3.84. The normalized spacial score (nSPS) is 52.2. The average Bonchev–Trinajstić information content (AvgIpc) is 3.42. The molecule has 5 heteroatoms. The lowest BCUT2D eigenvalue weighted by Gasteiger charge is -2.53. The fourth-order valence-corrected chi connectivity index (χ4v) is 10.4. The summed E-state index contributed by atoms with van der Waals surface area (Å²) in [5, 5.41) is 25.1. The molecule has 4 saturated carbocycles. The number of rotatable bonds is 6. The maximum Gasteiger partial charge on any atom is 0.216 e. The van der Waals surface area contributed by atoms with E-state index in [1.807, 2.05) is 0 Å². The van der Waals surface area contributed by atoms with Gasteiger partial charge in [0.1, 0.15) is 0 Å². The van der Waals surface area contributed by atoms with E-state index in [0.717, 1.165) is 19.3 Å². The summed E-state index contributed by atoms with van der Waals surface area (Å²) in [4.78, 5) is 11.3. The Balaban J connectivity index is 1.29. The van der Waals surface area contributed by atoms with Crippen LogP contribution in [-0.2, 0) is 9.53 Å². The fourth-order valence-electron chi connectivity index (χ4n) is 10.4. The molecule has 5 fully saturated rings. The lowest BCUT2D eigenvalue weighted by molar-refractivity contribution is -0.142. The third-order valence-electron chi connectivity index (χ3n) is 12.6. The van der Waals surface area contributed by atoms with Gasteiger partial charge in [-0.05, 0) is 103 Å². The molecule has 1 spiro atoms. The second kappa shape index (κ2) is 8.70. The number of carbonyl (C=O) groups excluding carboxylic acids is 1.